The fourth-order valence-electron chi connectivity index (χ4n) is 2.83. The zero-order valence-corrected chi connectivity index (χ0v) is 10.6. The third kappa shape index (κ3) is 2.14. The highest BCUT2D eigenvalue weighted by Gasteiger charge is 2.30. The first-order valence-electron chi connectivity index (χ1n) is 6.37. The van der Waals surface area contributed by atoms with Crippen LogP contribution in [-0.2, 0) is 0 Å². The van der Waals surface area contributed by atoms with Gasteiger partial charge in [0.25, 0.3) is 0 Å². The maximum atomic E-state index is 7.68. The average Bonchev–Trinajstić information content (AvgIpc) is 2.70. The van der Waals surface area contributed by atoms with Gasteiger partial charge >= 0.3 is 0 Å². The molecule has 17 heavy (non-hydrogen) atoms. The minimum absolute atomic E-state index is 0.162. The van der Waals surface area contributed by atoms with E-state index in [0.29, 0.717) is 12.1 Å². The van der Waals surface area contributed by atoms with Crippen LogP contribution in [0.15, 0.2) is 24.3 Å². The number of hydrogen-bond acceptors (Lipinski definition) is 2. The molecule has 1 fully saturated rings. The van der Waals surface area contributed by atoms with E-state index >= 15 is 0 Å². The molecule has 1 aliphatic rings. The molecule has 0 radical (unpaired) electrons. The summed E-state index contributed by atoms with van der Waals surface area (Å²) in [5.74, 6) is 0.162. The van der Waals surface area contributed by atoms with Gasteiger partial charge in [-0.25, -0.2) is 0 Å². The second kappa shape index (κ2) is 4.78. The van der Waals surface area contributed by atoms with Crippen molar-refractivity contribution < 1.29 is 0 Å². The zero-order valence-electron chi connectivity index (χ0n) is 10.6. The molecule has 2 unspecified atom stereocenters. The van der Waals surface area contributed by atoms with Gasteiger partial charge in [-0.15, -0.1) is 0 Å². The summed E-state index contributed by atoms with van der Waals surface area (Å²) < 4.78 is 0. The Morgan fingerprint density at radius 2 is 2.12 bits per heavy atom. The van der Waals surface area contributed by atoms with E-state index in [9.17, 15) is 0 Å². The van der Waals surface area contributed by atoms with E-state index < -0.39 is 0 Å². The maximum Gasteiger partial charge on any atom is 0.124 e. The first-order chi connectivity index (χ1) is 8.15. The predicted octanol–water partition coefficient (Wildman–Crippen LogP) is 2.74. The molecule has 3 heteroatoms. The number of benzene rings is 1. The summed E-state index contributed by atoms with van der Waals surface area (Å²) in [6, 6.07) is 9.13. The number of anilines is 1. The van der Waals surface area contributed by atoms with E-state index in [4.69, 9.17) is 11.1 Å². The van der Waals surface area contributed by atoms with Crippen LogP contribution in [0.25, 0.3) is 0 Å². The van der Waals surface area contributed by atoms with E-state index in [1.54, 1.807) is 0 Å². The molecule has 3 nitrogen and oxygen atoms in total. The molecular formula is C14H21N3. The normalized spacial score (nSPS) is 24.0. The Kier molecular flexibility index (Phi) is 3.36. The van der Waals surface area contributed by atoms with E-state index in [1.165, 1.54) is 12.8 Å². The third-order valence-corrected chi connectivity index (χ3v) is 3.73. The van der Waals surface area contributed by atoms with Crippen molar-refractivity contribution >= 4 is 11.5 Å². The number of nitrogen functional groups attached to an aromatic ring is 1. The monoisotopic (exact) mass is 231 g/mol. The number of amidine groups is 1. The van der Waals surface area contributed by atoms with Crippen LogP contribution in [0.5, 0.6) is 0 Å². The number of nitrogens with one attached hydrogen (secondary N) is 1. The van der Waals surface area contributed by atoms with Crippen LogP contribution in [0.2, 0.25) is 0 Å². The van der Waals surface area contributed by atoms with Crippen LogP contribution in [0, 0.1) is 5.41 Å². The van der Waals surface area contributed by atoms with Crippen molar-refractivity contribution in [2.45, 2.75) is 45.2 Å². The van der Waals surface area contributed by atoms with Gasteiger partial charge in [-0.3, -0.25) is 5.41 Å². The van der Waals surface area contributed by atoms with Gasteiger partial charge in [-0.1, -0.05) is 19.1 Å². The first kappa shape index (κ1) is 12.0. The quantitative estimate of drug-likeness (QED) is 0.621. The second-order valence-corrected chi connectivity index (χ2v) is 4.83. The Balaban J connectivity index is 2.41. The van der Waals surface area contributed by atoms with Crippen molar-refractivity contribution in [3.63, 3.8) is 0 Å². The molecule has 1 aliphatic heterocycles. The van der Waals surface area contributed by atoms with Crippen molar-refractivity contribution in [2.75, 3.05) is 4.90 Å². The fraction of sp³-hybridized carbons (Fsp3) is 0.500. The smallest absolute Gasteiger partial charge is 0.124 e. The highest BCUT2D eigenvalue weighted by Crippen LogP contribution is 2.33. The molecule has 0 saturated carbocycles. The molecule has 0 aliphatic carbocycles. The van der Waals surface area contributed by atoms with Crippen LogP contribution in [0.3, 0.4) is 0 Å². The molecule has 92 valence electrons. The van der Waals surface area contributed by atoms with E-state index in [2.05, 4.69) is 24.8 Å². The molecular weight excluding hydrogens is 210 g/mol. The highest BCUT2D eigenvalue weighted by atomic mass is 15.2. The maximum absolute atomic E-state index is 7.68. The van der Waals surface area contributed by atoms with E-state index in [0.717, 1.165) is 17.7 Å². The Labute approximate surface area is 103 Å². The lowest BCUT2D eigenvalue weighted by Gasteiger charge is -2.32. The Bertz CT molecular complexity index is 414. The summed E-state index contributed by atoms with van der Waals surface area (Å²) >= 11 is 0. The standard InChI is InChI=1S/C14H21N3/c1-3-11-9-8-10(2)17(11)13-7-5-4-6-12(13)14(15)16/h4-7,10-11H,3,8-9H2,1-2H3,(H3,15,16). The SMILES string of the molecule is CCC1CCC(C)N1c1ccccc1C(=N)N. The van der Waals surface area contributed by atoms with Gasteiger partial charge < -0.3 is 10.6 Å². The first-order valence-corrected chi connectivity index (χ1v) is 6.37. The van der Waals surface area contributed by atoms with Gasteiger partial charge in [0.1, 0.15) is 5.84 Å². The fourth-order valence-corrected chi connectivity index (χ4v) is 2.83. The summed E-state index contributed by atoms with van der Waals surface area (Å²) in [7, 11) is 0. The lowest BCUT2D eigenvalue weighted by atomic mass is 10.1. The van der Waals surface area contributed by atoms with Gasteiger partial charge in [0.15, 0.2) is 0 Å². The molecule has 0 amide bonds. The Hall–Kier alpha value is -1.51. The van der Waals surface area contributed by atoms with Crippen molar-refractivity contribution in [2.24, 2.45) is 5.73 Å². The molecule has 1 saturated heterocycles. The predicted molar refractivity (Wildman–Crippen MR) is 72.7 cm³/mol. The molecule has 2 atom stereocenters. The highest BCUT2D eigenvalue weighted by molar-refractivity contribution is 6.00. The lowest BCUT2D eigenvalue weighted by Crippen LogP contribution is -2.35. The van der Waals surface area contributed by atoms with Crippen LogP contribution >= 0.6 is 0 Å². The molecule has 1 aromatic carbocycles. The zero-order chi connectivity index (χ0) is 12.4. The number of nitrogens with zero attached hydrogens (tertiary/aromatic N) is 1. The minimum Gasteiger partial charge on any atom is -0.384 e. The topological polar surface area (TPSA) is 53.1 Å². The molecule has 1 aromatic rings. The molecule has 0 bridgehead atoms. The number of nitrogens with two attached hydrogens (primary N) is 1. The van der Waals surface area contributed by atoms with Crippen molar-refractivity contribution in [3.8, 4) is 0 Å². The largest absolute Gasteiger partial charge is 0.384 e. The number of para-hydroxylation sites is 1. The molecule has 0 aromatic heterocycles. The second-order valence-electron chi connectivity index (χ2n) is 4.83. The summed E-state index contributed by atoms with van der Waals surface area (Å²) in [5, 5.41) is 7.68. The minimum atomic E-state index is 0.162. The Morgan fingerprint density at radius 3 is 2.76 bits per heavy atom. The van der Waals surface area contributed by atoms with Gasteiger partial charge in [0, 0.05) is 23.3 Å². The van der Waals surface area contributed by atoms with Gasteiger partial charge in [-0.05, 0) is 38.3 Å². The summed E-state index contributed by atoms with van der Waals surface area (Å²) in [6.07, 6.45) is 3.62. The van der Waals surface area contributed by atoms with Crippen molar-refractivity contribution in [1.29, 1.82) is 5.41 Å². The molecule has 1 heterocycles. The molecule has 2 rings (SSSR count). The number of rotatable bonds is 3. The molecule has 0 spiro atoms. The van der Waals surface area contributed by atoms with E-state index in [-0.39, 0.29) is 5.84 Å². The van der Waals surface area contributed by atoms with Crippen molar-refractivity contribution in [3.05, 3.63) is 29.8 Å². The summed E-state index contributed by atoms with van der Waals surface area (Å²) in [6.45, 7) is 4.48. The Morgan fingerprint density at radius 1 is 1.41 bits per heavy atom. The van der Waals surface area contributed by atoms with Gasteiger partial charge in [0.2, 0.25) is 0 Å². The molecule has 3 N–H and O–H groups in total. The van der Waals surface area contributed by atoms with E-state index in [1.807, 2.05) is 18.2 Å². The van der Waals surface area contributed by atoms with Crippen LogP contribution in [-0.4, -0.2) is 17.9 Å². The van der Waals surface area contributed by atoms with Crippen molar-refractivity contribution in [1.82, 2.24) is 0 Å². The van der Waals surface area contributed by atoms with Crippen LogP contribution in [0.4, 0.5) is 5.69 Å². The van der Waals surface area contributed by atoms with Crippen LogP contribution < -0.4 is 10.6 Å². The lowest BCUT2D eigenvalue weighted by molar-refractivity contribution is 0.627. The van der Waals surface area contributed by atoms with Gasteiger partial charge in [0.05, 0.1) is 0 Å². The third-order valence-electron chi connectivity index (χ3n) is 3.73. The number of hydrogen-bond donors (Lipinski definition) is 2. The average molecular weight is 231 g/mol. The van der Waals surface area contributed by atoms with Crippen LogP contribution in [0.1, 0.15) is 38.7 Å². The van der Waals surface area contributed by atoms with Gasteiger partial charge in [-0.2, -0.15) is 0 Å². The summed E-state index contributed by atoms with van der Waals surface area (Å²) in [4.78, 5) is 2.44. The summed E-state index contributed by atoms with van der Waals surface area (Å²) in [5.41, 5.74) is 7.65.